The molecule has 1 atom stereocenters. The van der Waals surface area contributed by atoms with E-state index in [0.29, 0.717) is 18.0 Å². The maximum absolute atomic E-state index is 11.9. The summed E-state index contributed by atoms with van der Waals surface area (Å²) < 4.78 is 0. The number of nitrogens with one attached hydrogen (secondary N) is 3. The zero-order valence-electron chi connectivity index (χ0n) is 12.6. The predicted octanol–water partition coefficient (Wildman–Crippen LogP) is 1.91. The summed E-state index contributed by atoms with van der Waals surface area (Å²) in [6.07, 6.45) is 2.69. The van der Waals surface area contributed by atoms with Gasteiger partial charge in [0.1, 0.15) is 0 Å². The van der Waals surface area contributed by atoms with Crippen LogP contribution in [0.2, 0.25) is 0 Å². The molecule has 0 saturated carbocycles. The third-order valence-electron chi connectivity index (χ3n) is 3.44. The van der Waals surface area contributed by atoms with Crippen molar-refractivity contribution >= 4 is 17.5 Å². The summed E-state index contributed by atoms with van der Waals surface area (Å²) in [5.41, 5.74) is 1.32. The molecule has 0 aromatic heterocycles. The van der Waals surface area contributed by atoms with Gasteiger partial charge in [-0.25, -0.2) is 0 Å². The van der Waals surface area contributed by atoms with Gasteiger partial charge in [0.25, 0.3) is 5.91 Å². The van der Waals surface area contributed by atoms with E-state index in [1.165, 1.54) is 0 Å². The van der Waals surface area contributed by atoms with Gasteiger partial charge in [0.2, 0.25) is 5.91 Å². The highest BCUT2D eigenvalue weighted by molar-refractivity contribution is 5.96. The number of carbonyl (C=O) groups excluding carboxylic acids is 2. The van der Waals surface area contributed by atoms with Crippen LogP contribution >= 0.6 is 0 Å². The van der Waals surface area contributed by atoms with Gasteiger partial charge in [-0.1, -0.05) is 0 Å². The van der Waals surface area contributed by atoms with Crippen molar-refractivity contribution in [3.63, 3.8) is 0 Å². The number of hydrogen-bond acceptors (Lipinski definition) is 3. The Kier molecular flexibility index (Phi) is 5.33. The maximum Gasteiger partial charge on any atom is 0.251 e. The van der Waals surface area contributed by atoms with Gasteiger partial charge in [-0.3, -0.25) is 9.59 Å². The van der Waals surface area contributed by atoms with Gasteiger partial charge in [-0.15, -0.1) is 0 Å². The van der Waals surface area contributed by atoms with E-state index in [9.17, 15) is 9.59 Å². The number of amides is 2. The molecule has 1 aliphatic heterocycles. The minimum Gasteiger partial charge on any atom is -0.350 e. The first-order valence-electron chi connectivity index (χ1n) is 7.49. The van der Waals surface area contributed by atoms with E-state index >= 15 is 0 Å². The van der Waals surface area contributed by atoms with E-state index in [1.807, 2.05) is 13.8 Å². The van der Waals surface area contributed by atoms with E-state index in [2.05, 4.69) is 16.0 Å². The van der Waals surface area contributed by atoms with Crippen LogP contribution in [0.5, 0.6) is 0 Å². The van der Waals surface area contributed by atoms with Gasteiger partial charge in [0.15, 0.2) is 0 Å². The highest BCUT2D eigenvalue weighted by Gasteiger charge is 2.17. The van der Waals surface area contributed by atoms with Gasteiger partial charge in [0.05, 0.1) is 0 Å². The van der Waals surface area contributed by atoms with E-state index in [0.717, 1.165) is 25.1 Å². The summed E-state index contributed by atoms with van der Waals surface area (Å²) in [7, 11) is 0. The highest BCUT2D eigenvalue weighted by Crippen LogP contribution is 2.13. The second-order valence-electron chi connectivity index (χ2n) is 5.75. The fraction of sp³-hybridized carbons (Fsp3) is 0.500. The van der Waals surface area contributed by atoms with Crippen LogP contribution in [-0.2, 0) is 4.79 Å². The summed E-state index contributed by atoms with van der Waals surface area (Å²) in [5.74, 6) is -0.0909. The standard InChI is InChI=1S/C16H23N3O2/c1-11(2)18-16(21)12-5-7-13(8-6-12)19-15(20)10-14-4-3-9-17-14/h5-8,11,14,17H,3-4,9-10H2,1-2H3,(H,18,21)(H,19,20). The molecular weight excluding hydrogens is 266 g/mol. The maximum atomic E-state index is 11.9. The summed E-state index contributed by atoms with van der Waals surface area (Å²) in [5, 5.41) is 9.00. The molecule has 3 N–H and O–H groups in total. The topological polar surface area (TPSA) is 70.2 Å². The normalized spacial score (nSPS) is 17.8. The molecule has 1 unspecified atom stereocenters. The Labute approximate surface area is 125 Å². The van der Waals surface area contributed by atoms with Crippen LogP contribution in [0.1, 0.15) is 43.5 Å². The molecular formula is C16H23N3O2. The van der Waals surface area contributed by atoms with Crippen molar-refractivity contribution in [3.8, 4) is 0 Å². The molecule has 0 aliphatic carbocycles. The van der Waals surface area contributed by atoms with E-state index in [1.54, 1.807) is 24.3 Å². The van der Waals surface area contributed by atoms with Gasteiger partial charge >= 0.3 is 0 Å². The smallest absolute Gasteiger partial charge is 0.251 e. The number of benzene rings is 1. The van der Waals surface area contributed by atoms with Gasteiger partial charge in [-0.2, -0.15) is 0 Å². The first-order chi connectivity index (χ1) is 10.0. The molecule has 21 heavy (non-hydrogen) atoms. The Morgan fingerprint density at radius 1 is 1.29 bits per heavy atom. The van der Waals surface area contributed by atoms with Crippen molar-refractivity contribution in [2.24, 2.45) is 0 Å². The van der Waals surface area contributed by atoms with E-state index in [4.69, 9.17) is 0 Å². The highest BCUT2D eigenvalue weighted by atomic mass is 16.2. The number of anilines is 1. The lowest BCUT2D eigenvalue weighted by atomic mass is 10.1. The first-order valence-corrected chi connectivity index (χ1v) is 7.49. The van der Waals surface area contributed by atoms with Crippen molar-refractivity contribution in [2.45, 2.75) is 45.2 Å². The Hall–Kier alpha value is -1.88. The third kappa shape index (κ3) is 4.86. The fourth-order valence-corrected chi connectivity index (χ4v) is 2.42. The molecule has 0 radical (unpaired) electrons. The van der Waals surface area contributed by atoms with Crippen molar-refractivity contribution in [1.82, 2.24) is 10.6 Å². The van der Waals surface area contributed by atoms with Crippen LogP contribution in [0.3, 0.4) is 0 Å². The zero-order chi connectivity index (χ0) is 15.2. The second-order valence-corrected chi connectivity index (χ2v) is 5.75. The molecule has 1 aromatic carbocycles. The van der Waals surface area contributed by atoms with Crippen LogP contribution in [-0.4, -0.2) is 30.4 Å². The van der Waals surface area contributed by atoms with E-state index in [-0.39, 0.29) is 17.9 Å². The molecule has 1 fully saturated rings. The molecule has 1 aliphatic rings. The molecule has 2 amide bonds. The Morgan fingerprint density at radius 3 is 2.57 bits per heavy atom. The molecule has 2 rings (SSSR count). The lowest BCUT2D eigenvalue weighted by Crippen LogP contribution is -2.30. The van der Waals surface area contributed by atoms with Crippen molar-refractivity contribution in [3.05, 3.63) is 29.8 Å². The number of rotatable bonds is 5. The minimum atomic E-state index is -0.0990. The summed E-state index contributed by atoms with van der Waals surface area (Å²) >= 11 is 0. The summed E-state index contributed by atoms with van der Waals surface area (Å²) in [4.78, 5) is 23.7. The fourth-order valence-electron chi connectivity index (χ4n) is 2.42. The summed E-state index contributed by atoms with van der Waals surface area (Å²) in [6, 6.07) is 7.36. The molecule has 114 valence electrons. The minimum absolute atomic E-state index is 0.00813. The molecule has 0 spiro atoms. The molecule has 1 aromatic rings. The second kappa shape index (κ2) is 7.22. The van der Waals surface area contributed by atoms with Gasteiger partial charge < -0.3 is 16.0 Å². The van der Waals surface area contributed by atoms with Crippen molar-refractivity contribution < 1.29 is 9.59 Å². The first kappa shape index (κ1) is 15.5. The van der Waals surface area contributed by atoms with Gasteiger partial charge in [0, 0.05) is 29.8 Å². The third-order valence-corrected chi connectivity index (χ3v) is 3.44. The SMILES string of the molecule is CC(C)NC(=O)c1ccc(NC(=O)CC2CCCN2)cc1. The van der Waals surface area contributed by atoms with Crippen molar-refractivity contribution in [2.75, 3.05) is 11.9 Å². The molecule has 0 bridgehead atoms. The quantitative estimate of drug-likeness (QED) is 0.775. The summed E-state index contributed by atoms with van der Waals surface area (Å²) in [6.45, 7) is 4.84. The van der Waals surface area contributed by atoms with Crippen molar-refractivity contribution in [1.29, 1.82) is 0 Å². The van der Waals surface area contributed by atoms with Crippen LogP contribution in [0.25, 0.3) is 0 Å². The lowest BCUT2D eigenvalue weighted by Gasteiger charge is -2.11. The average Bonchev–Trinajstić information content (AvgIpc) is 2.91. The van der Waals surface area contributed by atoms with Crippen LogP contribution in [0.4, 0.5) is 5.69 Å². The monoisotopic (exact) mass is 289 g/mol. The largest absolute Gasteiger partial charge is 0.350 e. The lowest BCUT2D eigenvalue weighted by molar-refractivity contribution is -0.116. The Balaban J connectivity index is 1.86. The zero-order valence-corrected chi connectivity index (χ0v) is 12.6. The molecule has 5 heteroatoms. The average molecular weight is 289 g/mol. The van der Waals surface area contributed by atoms with E-state index < -0.39 is 0 Å². The predicted molar refractivity (Wildman–Crippen MR) is 83.3 cm³/mol. The molecule has 1 heterocycles. The number of hydrogen-bond donors (Lipinski definition) is 3. The van der Waals surface area contributed by atoms with Crippen LogP contribution in [0.15, 0.2) is 24.3 Å². The Bertz CT molecular complexity index is 491. The Morgan fingerprint density at radius 2 is 2.00 bits per heavy atom. The molecule has 1 saturated heterocycles. The van der Waals surface area contributed by atoms with Crippen LogP contribution < -0.4 is 16.0 Å². The van der Waals surface area contributed by atoms with Gasteiger partial charge in [-0.05, 0) is 57.5 Å². The number of carbonyl (C=O) groups is 2. The van der Waals surface area contributed by atoms with Crippen LogP contribution in [0, 0.1) is 0 Å². The molecule has 5 nitrogen and oxygen atoms in total.